The molecule has 4 rings (SSSR count). The quantitative estimate of drug-likeness (QED) is 0.512. The molecule has 2 heterocycles. The predicted octanol–water partition coefficient (Wildman–Crippen LogP) is 3.84. The maximum Gasteiger partial charge on any atom is 0.220 e. The smallest absolute Gasteiger partial charge is 0.220 e. The third-order valence-corrected chi connectivity index (χ3v) is 5.08. The van der Waals surface area contributed by atoms with Gasteiger partial charge >= 0.3 is 0 Å². The van der Waals surface area contributed by atoms with Crippen LogP contribution in [0, 0.1) is 6.92 Å². The number of nitrogens with zero attached hydrogens (tertiary/aromatic N) is 4. The third-order valence-electron chi connectivity index (χ3n) is 5.08. The average Bonchev–Trinajstić information content (AvgIpc) is 3.30. The predicted molar refractivity (Wildman–Crippen MR) is 114 cm³/mol. The molecule has 0 saturated heterocycles. The number of aromatic hydroxyl groups is 1. The fourth-order valence-electron chi connectivity index (χ4n) is 3.64. The van der Waals surface area contributed by atoms with E-state index < -0.39 is 6.04 Å². The van der Waals surface area contributed by atoms with Crippen LogP contribution in [0.5, 0.6) is 5.75 Å². The number of carbonyl (C=O) groups is 1. The Labute approximate surface area is 174 Å². The molecule has 0 bridgehead atoms. The largest absolute Gasteiger partial charge is 0.505 e. The van der Waals surface area contributed by atoms with Crippen LogP contribution in [0.25, 0.3) is 16.6 Å². The zero-order valence-electron chi connectivity index (χ0n) is 16.9. The van der Waals surface area contributed by atoms with Gasteiger partial charge in [-0.15, -0.1) is 0 Å². The van der Waals surface area contributed by atoms with Gasteiger partial charge in [-0.1, -0.05) is 25.1 Å². The number of hydrogen-bond acceptors (Lipinski definition) is 5. The first-order chi connectivity index (χ1) is 14.6. The molecule has 152 valence electrons. The van der Waals surface area contributed by atoms with E-state index in [2.05, 4.69) is 20.4 Å². The highest BCUT2D eigenvalue weighted by molar-refractivity contribution is 5.89. The molecule has 1 atom stereocenters. The van der Waals surface area contributed by atoms with Crippen molar-refractivity contribution in [2.45, 2.75) is 32.7 Å². The minimum atomic E-state index is -0.530. The van der Waals surface area contributed by atoms with E-state index in [-0.39, 0.29) is 11.7 Å². The van der Waals surface area contributed by atoms with Gasteiger partial charge in [0.25, 0.3) is 0 Å². The summed E-state index contributed by atoms with van der Waals surface area (Å²) in [6.07, 6.45) is 5.89. The monoisotopic (exact) mass is 401 g/mol. The number of hydrogen-bond donors (Lipinski definition) is 2. The van der Waals surface area contributed by atoms with Crippen LogP contribution in [0.15, 0.2) is 61.3 Å². The lowest BCUT2D eigenvalue weighted by molar-refractivity contribution is -0.121. The summed E-state index contributed by atoms with van der Waals surface area (Å²) in [5, 5.41) is 19.2. The first-order valence-corrected chi connectivity index (χ1v) is 9.90. The second-order valence-corrected chi connectivity index (χ2v) is 7.22. The van der Waals surface area contributed by atoms with Crippen molar-refractivity contribution in [3.8, 4) is 11.4 Å². The summed E-state index contributed by atoms with van der Waals surface area (Å²) in [4.78, 5) is 20.9. The van der Waals surface area contributed by atoms with Crippen molar-refractivity contribution in [1.82, 2.24) is 25.1 Å². The van der Waals surface area contributed by atoms with Crippen LogP contribution in [0.3, 0.4) is 0 Å². The van der Waals surface area contributed by atoms with Crippen LogP contribution in [0.2, 0.25) is 0 Å². The molecule has 0 aliphatic heterocycles. The van der Waals surface area contributed by atoms with Crippen molar-refractivity contribution >= 4 is 16.8 Å². The Bertz CT molecular complexity index is 1190. The maximum atomic E-state index is 12.5. The summed E-state index contributed by atoms with van der Waals surface area (Å²) < 4.78 is 1.65. The molecule has 30 heavy (non-hydrogen) atoms. The van der Waals surface area contributed by atoms with Gasteiger partial charge in [-0.25, -0.2) is 9.67 Å². The van der Waals surface area contributed by atoms with Gasteiger partial charge < -0.3 is 10.4 Å². The number of phenolic OH excluding ortho intramolecular Hbond substituents is 1. The number of pyridine rings is 1. The van der Waals surface area contributed by atoms with Gasteiger partial charge in [0.2, 0.25) is 5.91 Å². The number of amides is 1. The van der Waals surface area contributed by atoms with E-state index in [0.717, 1.165) is 28.6 Å². The SMILES string of the molecule is CCCC(=O)NC(c1cccc(-n2cncn2)c1)c1cc(C)c2cccnc2c1O. The van der Waals surface area contributed by atoms with Crippen LogP contribution < -0.4 is 5.32 Å². The number of phenols is 1. The minimum absolute atomic E-state index is 0.0733. The lowest BCUT2D eigenvalue weighted by Gasteiger charge is -2.23. The van der Waals surface area contributed by atoms with E-state index >= 15 is 0 Å². The molecule has 0 aliphatic rings. The van der Waals surface area contributed by atoms with Crippen molar-refractivity contribution in [3.63, 3.8) is 0 Å². The molecule has 0 saturated carbocycles. The third kappa shape index (κ3) is 3.74. The zero-order chi connectivity index (χ0) is 21.1. The summed E-state index contributed by atoms with van der Waals surface area (Å²) in [5.41, 5.74) is 3.76. The van der Waals surface area contributed by atoms with Crippen molar-refractivity contribution in [1.29, 1.82) is 0 Å². The lowest BCUT2D eigenvalue weighted by Crippen LogP contribution is -2.29. The number of carbonyl (C=O) groups excluding carboxylic acids is 1. The second kappa shape index (κ2) is 8.32. The summed E-state index contributed by atoms with van der Waals surface area (Å²) in [6, 6.07) is 12.8. The highest BCUT2D eigenvalue weighted by Gasteiger charge is 2.23. The maximum absolute atomic E-state index is 12.5. The number of benzene rings is 2. The fraction of sp³-hybridized carbons (Fsp3) is 0.217. The first-order valence-electron chi connectivity index (χ1n) is 9.90. The van der Waals surface area contributed by atoms with Gasteiger partial charge in [0.15, 0.2) is 0 Å². The van der Waals surface area contributed by atoms with Crippen LogP contribution in [0.4, 0.5) is 0 Å². The molecule has 2 aromatic carbocycles. The molecule has 1 amide bonds. The van der Waals surface area contributed by atoms with Crippen LogP contribution in [-0.4, -0.2) is 30.8 Å². The van der Waals surface area contributed by atoms with Gasteiger partial charge in [0.1, 0.15) is 23.9 Å². The summed E-state index contributed by atoms with van der Waals surface area (Å²) in [6.45, 7) is 3.94. The van der Waals surface area contributed by atoms with Gasteiger partial charge in [0, 0.05) is 23.6 Å². The van der Waals surface area contributed by atoms with Crippen molar-refractivity contribution in [2.75, 3.05) is 0 Å². The molecule has 2 N–H and O–H groups in total. The number of fused-ring (bicyclic) bond motifs is 1. The average molecular weight is 401 g/mol. The molecule has 0 fully saturated rings. The van der Waals surface area contributed by atoms with E-state index in [0.29, 0.717) is 17.5 Å². The van der Waals surface area contributed by atoms with Crippen molar-refractivity contribution < 1.29 is 9.90 Å². The number of nitrogens with one attached hydrogen (secondary N) is 1. The van der Waals surface area contributed by atoms with E-state index in [4.69, 9.17) is 0 Å². The lowest BCUT2D eigenvalue weighted by atomic mass is 9.93. The highest BCUT2D eigenvalue weighted by Crippen LogP contribution is 2.36. The highest BCUT2D eigenvalue weighted by atomic mass is 16.3. The van der Waals surface area contributed by atoms with Gasteiger partial charge in [-0.2, -0.15) is 5.10 Å². The Morgan fingerprint density at radius 2 is 2.10 bits per heavy atom. The fourth-order valence-corrected chi connectivity index (χ4v) is 3.64. The van der Waals surface area contributed by atoms with Gasteiger partial charge in [-0.05, 0) is 48.7 Å². The normalized spacial score (nSPS) is 12.1. The Hall–Kier alpha value is -3.74. The molecule has 7 nitrogen and oxygen atoms in total. The molecule has 1 unspecified atom stereocenters. The molecule has 0 radical (unpaired) electrons. The molecule has 0 spiro atoms. The van der Waals surface area contributed by atoms with E-state index in [1.165, 1.54) is 6.33 Å². The first kappa shape index (κ1) is 19.6. The number of rotatable bonds is 6. The van der Waals surface area contributed by atoms with Crippen LogP contribution in [0.1, 0.15) is 42.5 Å². The van der Waals surface area contributed by atoms with Crippen LogP contribution >= 0.6 is 0 Å². The van der Waals surface area contributed by atoms with Crippen LogP contribution in [-0.2, 0) is 4.79 Å². The zero-order valence-corrected chi connectivity index (χ0v) is 16.9. The van der Waals surface area contributed by atoms with E-state index in [9.17, 15) is 9.90 Å². The Morgan fingerprint density at radius 3 is 2.87 bits per heavy atom. The molecule has 2 aromatic heterocycles. The summed E-state index contributed by atoms with van der Waals surface area (Å²) in [7, 11) is 0. The summed E-state index contributed by atoms with van der Waals surface area (Å²) >= 11 is 0. The molecule has 0 aliphatic carbocycles. The number of aromatic nitrogens is 4. The Balaban J connectivity index is 1.86. The standard InChI is InChI=1S/C23H23N5O2/c1-3-6-20(29)27-21(16-7-4-8-17(12-16)28-14-24-13-26-28)19-11-15(2)18-9-5-10-25-22(18)23(19)30/h4-5,7-14,21,30H,3,6H2,1-2H3,(H,27,29). The Kier molecular flexibility index (Phi) is 5.43. The van der Waals surface area contributed by atoms with Crippen molar-refractivity contribution in [2.24, 2.45) is 0 Å². The summed E-state index contributed by atoms with van der Waals surface area (Å²) in [5.74, 6) is -0.00372. The number of aryl methyl sites for hydroxylation is 1. The van der Waals surface area contributed by atoms with Crippen molar-refractivity contribution in [3.05, 3.63) is 78.0 Å². The second-order valence-electron chi connectivity index (χ2n) is 7.22. The molecular formula is C23H23N5O2. The molecular weight excluding hydrogens is 378 g/mol. The topological polar surface area (TPSA) is 92.9 Å². The minimum Gasteiger partial charge on any atom is -0.505 e. The molecule has 7 heteroatoms. The Morgan fingerprint density at radius 1 is 1.23 bits per heavy atom. The van der Waals surface area contributed by atoms with Gasteiger partial charge in [0.05, 0.1) is 11.7 Å². The van der Waals surface area contributed by atoms with E-state index in [1.807, 2.05) is 56.3 Å². The van der Waals surface area contributed by atoms with E-state index in [1.54, 1.807) is 17.2 Å². The molecule has 4 aromatic rings. The van der Waals surface area contributed by atoms with Gasteiger partial charge in [-0.3, -0.25) is 9.78 Å².